The van der Waals surface area contributed by atoms with E-state index in [1.165, 1.54) is 0 Å². The van der Waals surface area contributed by atoms with Crippen LogP contribution < -0.4 is 0 Å². The van der Waals surface area contributed by atoms with Gasteiger partial charge in [0.2, 0.25) is 0 Å². The molecule has 0 aliphatic carbocycles. The van der Waals surface area contributed by atoms with Crippen molar-refractivity contribution in [2.75, 3.05) is 6.61 Å². The first-order valence-electron chi connectivity index (χ1n) is 4.07. The Bertz CT molecular complexity index is 263. The van der Waals surface area contributed by atoms with Crippen molar-refractivity contribution in [2.45, 2.75) is 24.4 Å². The third kappa shape index (κ3) is 5.10. The van der Waals surface area contributed by atoms with E-state index in [0.717, 1.165) is 0 Å². The molecule has 0 aliphatic rings. The number of carbonyl (C=O) groups excluding carboxylic acids is 1. The predicted octanol–water partition coefficient (Wildman–Crippen LogP) is -3.26. The lowest BCUT2D eigenvalue weighted by atomic mass is 10.0. The fraction of sp³-hybridized carbons (Fsp3) is 0.833. The summed E-state index contributed by atoms with van der Waals surface area (Å²) < 4.78 is 14.4. The minimum absolute atomic E-state index is 0.131. The molecule has 0 fully saturated rings. The molecule has 0 unspecified atom stereocenters. The molecule has 10 heteroatoms. The van der Waals surface area contributed by atoms with Crippen molar-refractivity contribution in [1.82, 2.24) is 0 Å². The van der Waals surface area contributed by atoms with Crippen molar-refractivity contribution in [1.29, 1.82) is 0 Å². The van der Waals surface area contributed by atoms with E-state index in [-0.39, 0.29) is 6.29 Å². The third-order valence-corrected chi connectivity index (χ3v) is 2.17. The summed E-state index contributed by atoms with van der Waals surface area (Å²) in [6, 6.07) is 0. The normalized spacial score (nSPS) is 19.9. The van der Waals surface area contributed by atoms with Crippen molar-refractivity contribution >= 4 is 14.1 Å². The van der Waals surface area contributed by atoms with Crippen LogP contribution in [0, 0.1) is 0 Å². The molecule has 0 aliphatic heterocycles. The zero-order valence-corrected chi connectivity index (χ0v) is 8.84. The molecule has 9 nitrogen and oxygen atoms in total. The van der Waals surface area contributed by atoms with Crippen LogP contribution in [0.4, 0.5) is 0 Å². The predicted molar refractivity (Wildman–Crippen MR) is 48.1 cm³/mol. The van der Waals surface area contributed by atoms with Gasteiger partial charge in [0.25, 0.3) is 0 Å². The Kier molecular flexibility index (Phi) is 6.23. The van der Waals surface area contributed by atoms with E-state index in [0.29, 0.717) is 0 Å². The Hall–Kier alpha value is -0.380. The van der Waals surface area contributed by atoms with E-state index in [1.54, 1.807) is 0 Å². The number of hydrogen-bond donors (Lipinski definition) is 6. The summed E-state index contributed by atoms with van der Waals surface area (Å²) in [5.74, 6) is 0. The summed E-state index contributed by atoms with van der Waals surface area (Å²) in [4.78, 5) is 27.1. The maximum absolute atomic E-state index is 10.5. The van der Waals surface area contributed by atoms with Gasteiger partial charge in [-0.25, -0.2) is 4.57 Å². The lowest BCUT2D eigenvalue weighted by Gasteiger charge is -2.27. The second-order valence-corrected chi connectivity index (χ2v) is 4.12. The maximum atomic E-state index is 10.5. The molecule has 0 aromatic carbocycles. The fourth-order valence-electron chi connectivity index (χ4n) is 0.890. The van der Waals surface area contributed by atoms with Crippen LogP contribution in [-0.4, -0.2) is 67.5 Å². The first-order valence-corrected chi connectivity index (χ1v) is 5.60. The number of phosphoric acid groups is 1. The second kappa shape index (κ2) is 6.38. The van der Waals surface area contributed by atoms with Crippen LogP contribution in [0.3, 0.4) is 0 Å². The van der Waals surface area contributed by atoms with E-state index in [9.17, 15) is 14.5 Å². The first-order chi connectivity index (χ1) is 7.22. The molecule has 0 heterocycles. The molecule has 16 heavy (non-hydrogen) atoms. The number of carbonyl (C=O) groups is 1. The van der Waals surface area contributed by atoms with Gasteiger partial charge in [0.05, 0.1) is 6.61 Å². The molecule has 0 aromatic rings. The summed E-state index contributed by atoms with van der Waals surface area (Å²) in [6.45, 7) is -0.937. The number of phosphoric ester groups is 1. The van der Waals surface area contributed by atoms with E-state index in [1.807, 2.05) is 0 Å². The summed E-state index contributed by atoms with van der Waals surface area (Å²) >= 11 is 0. The Morgan fingerprint density at radius 3 is 2.06 bits per heavy atom. The Morgan fingerprint density at radius 2 is 1.75 bits per heavy atom. The molecule has 4 atom stereocenters. The quantitative estimate of drug-likeness (QED) is 0.203. The van der Waals surface area contributed by atoms with Crippen LogP contribution in [0.15, 0.2) is 0 Å². The smallest absolute Gasteiger partial charge is 0.394 e. The third-order valence-electron chi connectivity index (χ3n) is 1.65. The van der Waals surface area contributed by atoms with Gasteiger partial charge in [-0.1, -0.05) is 0 Å². The average molecular weight is 260 g/mol. The van der Waals surface area contributed by atoms with Crippen molar-refractivity contribution < 1.29 is 44.1 Å². The standard InChI is InChI=1S/C6H13O9P/c7-1-3(9)5(11)6(4(10)2-8)15-16(12,13)14/h2-7,9-11H,1H2,(H2,12,13,14)/t3-,4+,5+,6-/m1/s1. The number of aliphatic hydroxyl groups is 4. The highest BCUT2D eigenvalue weighted by Crippen LogP contribution is 2.39. The van der Waals surface area contributed by atoms with E-state index < -0.39 is 38.8 Å². The number of rotatable bonds is 7. The Morgan fingerprint density at radius 1 is 1.25 bits per heavy atom. The molecule has 0 spiro atoms. The van der Waals surface area contributed by atoms with Crippen molar-refractivity contribution in [3.05, 3.63) is 0 Å². The fourth-order valence-corrected chi connectivity index (χ4v) is 1.46. The number of aliphatic hydroxyl groups excluding tert-OH is 4. The average Bonchev–Trinajstić information content (AvgIpc) is 2.21. The van der Waals surface area contributed by atoms with Gasteiger partial charge in [-0.05, 0) is 0 Å². The minimum atomic E-state index is -5.06. The highest BCUT2D eigenvalue weighted by molar-refractivity contribution is 7.46. The molecule has 6 N–H and O–H groups in total. The summed E-state index contributed by atoms with van der Waals surface area (Å²) in [5.41, 5.74) is 0. The SMILES string of the molecule is O=C[C@H](O)[C@@H](OP(=O)(O)O)[C@@H](O)[C@H](O)CO. The van der Waals surface area contributed by atoms with Gasteiger partial charge in [0, 0.05) is 0 Å². The minimum Gasteiger partial charge on any atom is -0.394 e. The lowest BCUT2D eigenvalue weighted by molar-refractivity contribution is -0.134. The van der Waals surface area contributed by atoms with Gasteiger partial charge < -0.3 is 35.0 Å². The highest BCUT2D eigenvalue weighted by atomic mass is 31.2. The van der Waals surface area contributed by atoms with E-state index in [2.05, 4.69) is 4.52 Å². The second-order valence-electron chi connectivity index (χ2n) is 2.93. The van der Waals surface area contributed by atoms with Crippen LogP contribution in [0.5, 0.6) is 0 Å². The largest absolute Gasteiger partial charge is 0.470 e. The molecule has 0 rings (SSSR count). The maximum Gasteiger partial charge on any atom is 0.470 e. The zero-order chi connectivity index (χ0) is 12.9. The van der Waals surface area contributed by atoms with Gasteiger partial charge in [0.1, 0.15) is 24.4 Å². The topological polar surface area (TPSA) is 165 Å². The monoisotopic (exact) mass is 260 g/mol. The van der Waals surface area contributed by atoms with Crippen LogP contribution >= 0.6 is 7.82 Å². The van der Waals surface area contributed by atoms with Crippen molar-refractivity contribution in [3.8, 4) is 0 Å². The zero-order valence-electron chi connectivity index (χ0n) is 7.95. The van der Waals surface area contributed by atoms with Crippen LogP contribution in [0.25, 0.3) is 0 Å². The molecule has 0 bridgehead atoms. The van der Waals surface area contributed by atoms with E-state index in [4.69, 9.17) is 25.1 Å². The highest BCUT2D eigenvalue weighted by Gasteiger charge is 2.37. The summed E-state index contributed by atoms with van der Waals surface area (Å²) in [6.07, 6.45) is -8.07. The van der Waals surface area contributed by atoms with Gasteiger partial charge in [-0.2, -0.15) is 0 Å². The first kappa shape index (κ1) is 15.6. The molecule has 0 radical (unpaired) electrons. The molecular formula is C6H13O9P. The Balaban J connectivity index is 4.80. The summed E-state index contributed by atoms with van der Waals surface area (Å²) in [5, 5.41) is 35.7. The van der Waals surface area contributed by atoms with Crippen LogP contribution in [-0.2, 0) is 13.9 Å². The molecule has 96 valence electrons. The van der Waals surface area contributed by atoms with Crippen LogP contribution in [0.1, 0.15) is 0 Å². The molecular weight excluding hydrogens is 247 g/mol. The van der Waals surface area contributed by atoms with Gasteiger partial charge in [-0.15, -0.1) is 0 Å². The van der Waals surface area contributed by atoms with Crippen molar-refractivity contribution in [2.24, 2.45) is 0 Å². The van der Waals surface area contributed by atoms with E-state index >= 15 is 0 Å². The molecule has 0 saturated carbocycles. The van der Waals surface area contributed by atoms with Crippen LogP contribution in [0.2, 0.25) is 0 Å². The van der Waals surface area contributed by atoms with Gasteiger partial charge in [-0.3, -0.25) is 4.52 Å². The molecule has 0 saturated heterocycles. The summed E-state index contributed by atoms with van der Waals surface area (Å²) in [7, 11) is -5.06. The lowest BCUT2D eigenvalue weighted by Crippen LogP contribution is -2.47. The van der Waals surface area contributed by atoms with Gasteiger partial charge in [0.15, 0.2) is 6.29 Å². The molecule has 0 amide bonds. The number of hydrogen-bond acceptors (Lipinski definition) is 7. The molecule has 0 aromatic heterocycles. The van der Waals surface area contributed by atoms with Gasteiger partial charge >= 0.3 is 7.82 Å². The Labute approximate surface area is 90.2 Å². The van der Waals surface area contributed by atoms with Crippen molar-refractivity contribution in [3.63, 3.8) is 0 Å². The number of aldehydes is 1.